The second kappa shape index (κ2) is 6.46. The molecule has 2 saturated heterocycles. The van der Waals surface area contributed by atoms with Crippen LogP contribution in [0.5, 0.6) is 0 Å². The van der Waals surface area contributed by atoms with E-state index in [2.05, 4.69) is 4.99 Å². The summed E-state index contributed by atoms with van der Waals surface area (Å²) in [4.78, 5) is 4.63. The summed E-state index contributed by atoms with van der Waals surface area (Å²) in [5.74, 6) is 0. The van der Waals surface area contributed by atoms with Gasteiger partial charge in [0.05, 0.1) is 0 Å². The monoisotopic (exact) mass is 316 g/mol. The van der Waals surface area contributed by atoms with Gasteiger partial charge in [-0.25, -0.2) is 0 Å². The molecule has 0 amide bonds. The molecule has 0 aromatic rings. The Balaban J connectivity index is 1.63. The molecule has 0 saturated carbocycles. The summed E-state index contributed by atoms with van der Waals surface area (Å²) in [6.07, 6.45) is 8.49. The molecule has 4 nitrogen and oxygen atoms in total. The molecule has 3 heterocycles. The third-order valence-corrected chi connectivity index (χ3v) is 8.94. The largest absolute Gasteiger partial charge is 0.597 e. The topological polar surface area (TPSA) is 55.7 Å². The van der Waals surface area contributed by atoms with Gasteiger partial charge in [0, 0.05) is 37.0 Å². The van der Waals surface area contributed by atoms with Crippen molar-refractivity contribution >= 4 is 27.9 Å². The molecule has 0 N–H and O–H groups in total. The predicted molar refractivity (Wildman–Crippen MR) is 84.8 cm³/mol. The zero-order chi connectivity index (χ0) is 14.0. The third-order valence-electron chi connectivity index (χ3n) is 4.52. The van der Waals surface area contributed by atoms with Crippen molar-refractivity contribution in [3.63, 3.8) is 0 Å². The van der Waals surface area contributed by atoms with Crippen LogP contribution >= 0.6 is 11.8 Å². The molecule has 3 unspecified atom stereocenters. The first-order valence-electron chi connectivity index (χ1n) is 7.85. The van der Waals surface area contributed by atoms with E-state index in [1.165, 1.54) is 25.0 Å². The summed E-state index contributed by atoms with van der Waals surface area (Å²) in [7, 11) is -3.09. The average molecular weight is 316 g/mol. The molecule has 3 aliphatic rings. The highest BCUT2D eigenvalue weighted by Crippen LogP contribution is 2.42. The van der Waals surface area contributed by atoms with E-state index >= 15 is 0 Å². The lowest BCUT2D eigenvalue weighted by Crippen LogP contribution is -2.44. The van der Waals surface area contributed by atoms with Crippen LogP contribution in [0.4, 0.5) is 0 Å². The number of rotatable bonds is 3. The van der Waals surface area contributed by atoms with Crippen molar-refractivity contribution in [1.29, 1.82) is 0 Å². The number of nitrogens with zero attached hydrogens (tertiary/aromatic N) is 2. The Bertz CT molecular complexity index is 421. The summed E-state index contributed by atoms with van der Waals surface area (Å²) in [5.41, 5.74) is 1.28. The maximum absolute atomic E-state index is 12.7. The molecule has 3 atom stereocenters. The van der Waals surface area contributed by atoms with Gasteiger partial charge in [0.15, 0.2) is 4.58 Å². The van der Waals surface area contributed by atoms with Gasteiger partial charge in [0.2, 0.25) is 0 Å². The molecule has 114 valence electrons. The van der Waals surface area contributed by atoms with Gasteiger partial charge in [-0.3, -0.25) is 4.99 Å². The Labute approximate surface area is 127 Å². The van der Waals surface area contributed by atoms with Gasteiger partial charge < -0.3 is 4.55 Å². The van der Waals surface area contributed by atoms with Crippen LogP contribution < -0.4 is 0 Å². The first-order chi connectivity index (χ1) is 9.68. The molecule has 3 aliphatic heterocycles. The lowest BCUT2D eigenvalue weighted by Gasteiger charge is -2.33. The summed E-state index contributed by atoms with van der Waals surface area (Å²) in [6, 6.07) is 0. The van der Waals surface area contributed by atoms with Crippen LogP contribution in [0.1, 0.15) is 51.4 Å². The Morgan fingerprint density at radius 2 is 1.95 bits per heavy atom. The van der Waals surface area contributed by atoms with Crippen molar-refractivity contribution < 1.29 is 8.76 Å². The lowest BCUT2D eigenvalue weighted by molar-refractivity contribution is 0.309. The average Bonchev–Trinajstić information content (AvgIpc) is 3.00. The SMILES string of the molecule is O=[S+]([O-])(C1CCC(C2=NCCCC2)S1)N1CCCCC1. The van der Waals surface area contributed by atoms with Gasteiger partial charge in [0.1, 0.15) is 10.4 Å². The van der Waals surface area contributed by atoms with E-state index in [0.29, 0.717) is 5.25 Å². The molecule has 2 fully saturated rings. The van der Waals surface area contributed by atoms with Gasteiger partial charge in [-0.1, -0.05) is 22.4 Å². The minimum atomic E-state index is -3.09. The van der Waals surface area contributed by atoms with E-state index < -0.39 is 10.4 Å². The molecule has 0 bridgehead atoms. The van der Waals surface area contributed by atoms with Crippen molar-refractivity contribution in [2.24, 2.45) is 4.99 Å². The summed E-state index contributed by atoms with van der Waals surface area (Å²) in [6.45, 7) is 2.39. The van der Waals surface area contributed by atoms with Crippen LogP contribution in [0.3, 0.4) is 0 Å². The van der Waals surface area contributed by atoms with E-state index in [0.717, 1.165) is 51.7 Å². The van der Waals surface area contributed by atoms with Gasteiger partial charge in [-0.05, 0) is 38.5 Å². The van der Waals surface area contributed by atoms with Gasteiger partial charge in [0.25, 0.3) is 0 Å². The zero-order valence-electron chi connectivity index (χ0n) is 12.0. The highest BCUT2D eigenvalue weighted by molar-refractivity contribution is 8.16. The molecular formula is C14H24N2O2S2. The molecule has 0 aromatic heterocycles. The maximum Gasteiger partial charge on any atom is 0.183 e. The zero-order valence-corrected chi connectivity index (χ0v) is 13.6. The number of hydrogen-bond acceptors (Lipinski definition) is 4. The quantitative estimate of drug-likeness (QED) is 0.752. The Morgan fingerprint density at radius 1 is 1.15 bits per heavy atom. The number of sulfonamides is 1. The fraction of sp³-hybridized carbons (Fsp3) is 0.929. The molecule has 0 aliphatic carbocycles. The van der Waals surface area contributed by atoms with Crippen LogP contribution in [-0.2, 0) is 14.6 Å². The maximum atomic E-state index is 12.7. The smallest absolute Gasteiger partial charge is 0.183 e. The Kier molecular flexibility index (Phi) is 4.85. The van der Waals surface area contributed by atoms with E-state index in [-0.39, 0.29) is 4.58 Å². The molecular weight excluding hydrogens is 292 g/mol. The summed E-state index contributed by atoms with van der Waals surface area (Å²) < 4.78 is 26.9. The second-order valence-corrected chi connectivity index (χ2v) is 9.79. The summed E-state index contributed by atoms with van der Waals surface area (Å²) in [5, 5.41) is 0.361. The lowest BCUT2D eigenvalue weighted by atomic mass is 10.0. The van der Waals surface area contributed by atoms with Gasteiger partial charge in [-0.2, -0.15) is 0 Å². The molecule has 0 radical (unpaired) electrons. The molecule has 6 heteroatoms. The fourth-order valence-corrected chi connectivity index (χ4v) is 7.46. The van der Waals surface area contributed by atoms with Crippen LogP contribution in [0.25, 0.3) is 0 Å². The van der Waals surface area contributed by atoms with E-state index in [4.69, 9.17) is 0 Å². The van der Waals surface area contributed by atoms with Crippen LogP contribution in [0, 0.1) is 0 Å². The number of aliphatic imine (C=N–C) groups is 1. The van der Waals surface area contributed by atoms with Crippen molar-refractivity contribution in [3.05, 3.63) is 0 Å². The number of thioether (sulfide) groups is 1. The summed E-state index contributed by atoms with van der Waals surface area (Å²) >= 11 is 1.66. The molecule has 3 rings (SSSR count). The first kappa shape index (κ1) is 15.0. The minimum Gasteiger partial charge on any atom is -0.597 e. The standard InChI is InChI=1S/C14H24N2O2S2/c17-20(18,16-10-4-1-5-11-16)14-8-7-13(19-14)12-6-2-3-9-15-12/h13-14H,1-11H2. The Morgan fingerprint density at radius 3 is 2.65 bits per heavy atom. The number of piperidine rings is 1. The van der Waals surface area contributed by atoms with E-state index in [1.54, 1.807) is 16.1 Å². The Hall–Kier alpha value is 0.0900. The van der Waals surface area contributed by atoms with Crippen LogP contribution in [-0.4, -0.2) is 44.0 Å². The number of hydrogen-bond donors (Lipinski definition) is 0. The predicted octanol–water partition coefficient (Wildman–Crippen LogP) is 2.86. The third kappa shape index (κ3) is 3.13. The van der Waals surface area contributed by atoms with Crippen molar-refractivity contribution in [1.82, 2.24) is 4.31 Å². The van der Waals surface area contributed by atoms with Crippen molar-refractivity contribution in [2.75, 3.05) is 19.6 Å². The second-order valence-electron chi connectivity index (χ2n) is 5.97. The van der Waals surface area contributed by atoms with Crippen LogP contribution in [0.15, 0.2) is 4.99 Å². The first-order valence-corrected chi connectivity index (χ1v) is 10.3. The van der Waals surface area contributed by atoms with E-state index in [1.807, 2.05) is 0 Å². The highest BCUT2D eigenvalue weighted by Gasteiger charge is 2.44. The molecule has 0 aromatic carbocycles. The van der Waals surface area contributed by atoms with E-state index in [9.17, 15) is 8.76 Å². The fourth-order valence-electron chi connectivity index (χ4n) is 3.34. The molecule has 20 heavy (non-hydrogen) atoms. The van der Waals surface area contributed by atoms with Crippen molar-refractivity contribution in [3.8, 4) is 0 Å². The minimum absolute atomic E-state index is 0.227. The highest BCUT2D eigenvalue weighted by atomic mass is 32.3. The van der Waals surface area contributed by atoms with Crippen LogP contribution in [0.2, 0.25) is 0 Å². The molecule has 0 spiro atoms. The van der Waals surface area contributed by atoms with Crippen molar-refractivity contribution in [2.45, 2.75) is 61.2 Å². The van der Waals surface area contributed by atoms with Gasteiger partial charge in [-0.15, -0.1) is 4.31 Å². The van der Waals surface area contributed by atoms with Gasteiger partial charge >= 0.3 is 0 Å². The normalized spacial score (nSPS) is 35.5.